The molecule has 1 saturated carbocycles. The normalized spacial score (nSPS) is 17.5. The molecule has 0 radical (unpaired) electrons. The standard InChI is InChI=1S/C13H23N3S/c14-8-4-10-17-11-12-7-9-16(15-12)13-5-2-1-3-6-13/h7,9,13H,1-6,8,10-11,14H2. The molecule has 1 aromatic heterocycles. The van der Waals surface area contributed by atoms with Crippen LogP contribution in [0.2, 0.25) is 0 Å². The van der Waals surface area contributed by atoms with Crippen LogP contribution in [0.25, 0.3) is 0 Å². The van der Waals surface area contributed by atoms with Crippen LogP contribution in [-0.2, 0) is 5.75 Å². The largest absolute Gasteiger partial charge is 0.330 e. The van der Waals surface area contributed by atoms with Gasteiger partial charge in [0.1, 0.15) is 0 Å². The van der Waals surface area contributed by atoms with Gasteiger partial charge in [0.15, 0.2) is 0 Å². The summed E-state index contributed by atoms with van der Waals surface area (Å²) in [6.07, 6.45) is 10.0. The molecule has 0 aliphatic heterocycles. The van der Waals surface area contributed by atoms with Crippen LogP contribution in [-0.4, -0.2) is 22.1 Å². The summed E-state index contributed by atoms with van der Waals surface area (Å²) >= 11 is 1.94. The van der Waals surface area contributed by atoms with Gasteiger partial charge in [-0.2, -0.15) is 16.9 Å². The van der Waals surface area contributed by atoms with E-state index in [1.165, 1.54) is 37.8 Å². The highest BCUT2D eigenvalue weighted by atomic mass is 32.2. The van der Waals surface area contributed by atoms with Crippen molar-refractivity contribution in [1.29, 1.82) is 0 Å². The zero-order valence-corrected chi connectivity index (χ0v) is 11.3. The monoisotopic (exact) mass is 253 g/mol. The number of hydrogen-bond acceptors (Lipinski definition) is 3. The Morgan fingerprint density at radius 3 is 2.94 bits per heavy atom. The summed E-state index contributed by atoms with van der Waals surface area (Å²) in [6, 6.07) is 2.83. The van der Waals surface area contributed by atoms with E-state index in [0.29, 0.717) is 6.04 Å². The third kappa shape index (κ3) is 4.03. The molecule has 0 saturated heterocycles. The van der Waals surface area contributed by atoms with Crippen LogP contribution in [0.3, 0.4) is 0 Å². The molecule has 2 N–H and O–H groups in total. The highest BCUT2D eigenvalue weighted by Crippen LogP contribution is 2.27. The molecule has 4 heteroatoms. The topological polar surface area (TPSA) is 43.8 Å². The average molecular weight is 253 g/mol. The van der Waals surface area contributed by atoms with E-state index in [4.69, 9.17) is 10.8 Å². The molecule has 1 heterocycles. The lowest BCUT2D eigenvalue weighted by Gasteiger charge is -2.21. The van der Waals surface area contributed by atoms with Crippen molar-refractivity contribution in [3.63, 3.8) is 0 Å². The number of hydrogen-bond donors (Lipinski definition) is 1. The molecular formula is C13H23N3S. The van der Waals surface area contributed by atoms with Crippen LogP contribution in [0.4, 0.5) is 0 Å². The van der Waals surface area contributed by atoms with Crippen LogP contribution < -0.4 is 5.73 Å². The molecule has 17 heavy (non-hydrogen) atoms. The average Bonchev–Trinajstić information content (AvgIpc) is 2.85. The van der Waals surface area contributed by atoms with Gasteiger partial charge in [0.05, 0.1) is 11.7 Å². The Morgan fingerprint density at radius 1 is 1.35 bits per heavy atom. The van der Waals surface area contributed by atoms with Crippen molar-refractivity contribution in [2.45, 2.75) is 50.3 Å². The molecule has 0 atom stereocenters. The van der Waals surface area contributed by atoms with Crippen molar-refractivity contribution in [1.82, 2.24) is 9.78 Å². The molecule has 96 valence electrons. The minimum absolute atomic E-state index is 0.659. The summed E-state index contributed by atoms with van der Waals surface area (Å²) in [5.41, 5.74) is 6.70. The zero-order chi connectivity index (χ0) is 11.9. The predicted molar refractivity (Wildman–Crippen MR) is 74.2 cm³/mol. The Bertz CT molecular complexity index is 318. The van der Waals surface area contributed by atoms with Gasteiger partial charge in [0.2, 0.25) is 0 Å². The highest BCUT2D eigenvalue weighted by Gasteiger charge is 2.15. The molecule has 1 fully saturated rings. The molecule has 0 bridgehead atoms. The second-order valence-corrected chi connectivity index (χ2v) is 5.88. The van der Waals surface area contributed by atoms with Crippen molar-refractivity contribution in [3.8, 4) is 0 Å². The molecule has 3 nitrogen and oxygen atoms in total. The third-order valence-electron chi connectivity index (χ3n) is 3.36. The molecule has 1 aliphatic carbocycles. The molecule has 1 aromatic rings. The van der Waals surface area contributed by atoms with Gasteiger partial charge in [-0.15, -0.1) is 0 Å². The number of aromatic nitrogens is 2. The van der Waals surface area contributed by atoms with Gasteiger partial charge in [-0.1, -0.05) is 19.3 Å². The van der Waals surface area contributed by atoms with Crippen molar-refractivity contribution in [2.24, 2.45) is 5.73 Å². The lowest BCUT2D eigenvalue weighted by atomic mass is 9.96. The first-order chi connectivity index (χ1) is 8.40. The van der Waals surface area contributed by atoms with Crippen LogP contribution in [0.5, 0.6) is 0 Å². The molecule has 2 rings (SSSR count). The summed E-state index contributed by atoms with van der Waals surface area (Å²) in [4.78, 5) is 0. The van der Waals surface area contributed by atoms with Crippen molar-refractivity contribution >= 4 is 11.8 Å². The summed E-state index contributed by atoms with van der Waals surface area (Å²) in [5, 5.41) is 4.70. The van der Waals surface area contributed by atoms with E-state index in [1.54, 1.807) is 0 Å². The lowest BCUT2D eigenvalue weighted by Crippen LogP contribution is -2.13. The Balaban J connectivity index is 1.78. The number of nitrogens with zero attached hydrogens (tertiary/aromatic N) is 2. The Hall–Kier alpha value is -0.480. The van der Waals surface area contributed by atoms with Gasteiger partial charge in [-0.05, 0) is 37.6 Å². The van der Waals surface area contributed by atoms with Gasteiger partial charge < -0.3 is 5.73 Å². The Labute approximate surface area is 108 Å². The van der Waals surface area contributed by atoms with E-state index in [2.05, 4.69) is 16.9 Å². The minimum Gasteiger partial charge on any atom is -0.330 e. The number of thioether (sulfide) groups is 1. The number of rotatable bonds is 6. The quantitative estimate of drug-likeness (QED) is 0.793. The Morgan fingerprint density at radius 2 is 2.18 bits per heavy atom. The predicted octanol–water partition coefficient (Wildman–Crippen LogP) is 2.97. The van der Waals surface area contributed by atoms with E-state index in [9.17, 15) is 0 Å². The summed E-state index contributed by atoms with van der Waals surface area (Å²) in [7, 11) is 0. The van der Waals surface area contributed by atoms with Crippen molar-refractivity contribution in [2.75, 3.05) is 12.3 Å². The van der Waals surface area contributed by atoms with Crippen LogP contribution >= 0.6 is 11.8 Å². The van der Waals surface area contributed by atoms with E-state index < -0.39 is 0 Å². The molecule has 0 spiro atoms. The van der Waals surface area contributed by atoms with Gasteiger partial charge in [0, 0.05) is 11.9 Å². The van der Waals surface area contributed by atoms with Gasteiger partial charge in [0.25, 0.3) is 0 Å². The van der Waals surface area contributed by atoms with Crippen molar-refractivity contribution in [3.05, 3.63) is 18.0 Å². The lowest BCUT2D eigenvalue weighted by molar-refractivity contribution is 0.328. The maximum absolute atomic E-state index is 5.48. The maximum Gasteiger partial charge on any atom is 0.0723 e. The SMILES string of the molecule is NCCCSCc1ccn(C2CCCCC2)n1. The maximum atomic E-state index is 5.48. The van der Waals surface area contributed by atoms with Gasteiger partial charge in [-0.3, -0.25) is 4.68 Å². The molecule has 0 unspecified atom stereocenters. The first-order valence-corrected chi connectivity index (χ1v) is 7.87. The van der Waals surface area contributed by atoms with Crippen LogP contribution in [0.1, 0.15) is 50.3 Å². The smallest absolute Gasteiger partial charge is 0.0723 e. The second kappa shape index (κ2) is 7.07. The van der Waals surface area contributed by atoms with Crippen LogP contribution in [0, 0.1) is 0 Å². The second-order valence-electron chi connectivity index (χ2n) is 4.77. The first kappa shape index (κ1) is 13.0. The van der Waals surface area contributed by atoms with E-state index in [-0.39, 0.29) is 0 Å². The third-order valence-corrected chi connectivity index (χ3v) is 4.43. The fourth-order valence-electron chi connectivity index (χ4n) is 2.37. The highest BCUT2D eigenvalue weighted by molar-refractivity contribution is 7.98. The zero-order valence-electron chi connectivity index (χ0n) is 10.5. The van der Waals surface area contributed by atoms with Crippen LogP contribution in [0.15, 0.2) is 12.3 Å². The molecule has 0 amide bonds. The van der Waals surface area contributed by atoms with Crippen molar-refractivity contribution < 1.29 is 0 Å². The van der Waals surface area contributed by atoms with Gasteiger partial charge in [-0.25, -0.2) is 0 Å². The fraction of sp³-hybridized carbons (Fsp3) is 0.769. The Kier molecular flexibility index (Phi) is 5.39. The minimum atomic E-state index is 0.659. The molecular weight excluding hydrogens is 230 g/mol. The fourth-order valence-corrected chi connectivity index (χ4v) is 3.24. The summed E-state index contributed by atoms with van der Waals surface area (Å²) < 4.78 is 2.19. The summed E-state index contributed by atoms with van der Waals surface area (Å²) in [6.45, 7) is 0.795. The van der Waals surface area contributed by atoms with Gasteiger partial charge >= 0.3 is 0 Å². The van der Waals surface area contributed by atoms with E-state index >= 15 is 0 Å². The summed E-state index contributed by atoms with van der Waals surface area (Å²) in [5.74, 6) is 2.17. The number of nitrogens with two attached hydrogens (primary N) is 1. The van der Waals surface area contributed by atoms with E-state index in [0.717, 1.165) is 24.5 Å². The molecule has 1 aliphatic rings. The first-order valence-electron chi connectivity index (χ1n) is 6.72. The van der Waals surface area contributed by atoms with E-state index in [1.807, 2.05) is 11.8 Å². The molecule has 0 aromatic carbocycles.